The van der Waals surface area contributed by atoms with Crippen LogP contribution < -0.4 is 10.2 Å². The number of guanidine groups is 1. The maximum atomic E-state index is 6.17. The van der Waals surface area contributed by atoms with E-state index >= 15 is 0 Å². The fourth-order valence-corrected chi connectivity index (χ4v) is 3.31. The highest BCUT2D eigenvalue weighted by Crippen LogP contribution is 2.25. The number of hydrogen-bond donors (Lipinski definition) is 1. The zero-order valence-corrected chi connectivity index (χ0v) is 18.5. The van der Waals surface area contributed by atoms with E-state index in [-0.39, 0.29) is 24.0 Å². The second-order valence-corrected chi connectivity index (χ2v) is 6.70. The highest BCUT2D eigenvalue weighted by atomic mass is 127. The molecule has 0 amide bonds. The molecule has 1 saturated heterocycles. The minimum atomic E-state index is 0. The van der Waals surface area contributed by atoms with Crippen molar-refractivity contribution < 1.29 is 0 Å². The summed E-state index contributed by atoms with van der Waals surface area (Å²) in [4.78, 5) is 13.5. The molecule has 1 aliphatic rings. The molecule has 0 unspecified atom stereocenters. The van der Waals surface area contributed by atoms with Gasteiger partial charge in [0.2, 0.25) is 0 Å². The number of piperazine rings is 1. The fourth-order valence-electron chi connectivity index (χ4n) is 3.14. The van der Waals surface area contributed by atoms with Gasteiger partial charge < -0.3 is 19.7 Å². The van der Waals surface area contributed by atoms with Crippen LogP contribution in [0.2, 0.25) is 5.02 Å². The van der Waals surface area contributed by atoms with Crippen molar-refractivity contribution in [2.45, 2.75) is 13.5 Å². The minimum Gasteiger partial charge on any atom is -0.368 e. The molecule has 0 atom stereocenters. The van der Waals surface area contributed by atoms with Crippen molar-refractivity contribution in [2.24, 2.45) is 12.0 Å². The van der Waals surface area contributed by atoms with Crippen molar-refractivity contribution in [3.05, 3.63) is 47.0 Å². The predicted molar refractivity (Wildman–Crippen MR) is 119 cm³/mol. The summed E-state index contributed by atoms with van der Waals surface area (Å²) in [7, 11) is 3.83. The molecule has 1 N–H and O–H groups in total. The molecule has 1 fully saturated rings. The summed E-state index contributed by atoms with van der Waals surface area (Å²) in [5.74, 6) is 1.92. The van der Waals surface area contributed by atoms with E-state index in [2.05, 4.69) is 44.1 Å². The molecule has 0 saturated carbocycles. The van der Waals surface area contributed by atoms with Crippen LogP contribution in [0.15, 0.2) is 35.6 Å². The van der Waals surface area contributed by atoms with Crippen molar-refractivity contribution in [2.75, 3.05) is 38.1 Å². The Morgan fingerprint density at radius 3 is 2.62 bits per heavy atom. The summed E-state index contributed by atoms with van der Waals surface area (Å²) in [6, 6.07) is 6.08. The maximum absolute atomic E-state index is 6.17. The van der Waals surface area contributed by atoms with Gasteiger partial charge in [0.1, 0.15) is 5.82 Å². The van der Waals surface area contributed by atoms with Gasteiger partial charge in [-0.3, -0.25) is 4.99 Å². The van der Waals surface area contributed by atoms with Crippen LogP contribution >= 0.6 is 35.6 Å². The smallest absolute Gasteiger partial charge is 0.194 e. The van der Waals surface area contributed by atoms with E-state index in [1.54, 1.807) is 0 Å². The topological polar surface area (TPSA) is 48.7 Å². The van der Waals surface area contributed by atoms with Crippen LogP contribution in [0.3, 0.4) is 0 Å². The van der Waals surface area contributed by atoms with Gasteiger partial charge in [-0.15, -0.1) is 24.0 Å². The van der Waals surface area contributed by atoms with Crippen molar-refractivity contribution in [3.63, 3.8) is 0 Å². The average Bonchev–Trinajstić information content (AvgIpc) is 3.03. The molecule has 0 bridgehead atoms. The summed E-state index contributed by atoms with van der Waals surface area (Å²) in [5, 5.41) is 4.20. The molecule has 3 rings (SSSR count). The molecule has 1 aliphatic heterocycles. The number of halogens is 2. The van der Waals surface area contributed by atoms with Crippen LogP contribution in [0.1, 0.15) is 11.4 Å². The monoisotopic (exact) mass is 488 g/mol. The second-order valence-electron chi connectivity index (χ2n) is 6.26. The van der Waals surface area contributed by atoms with Crippen LogP contribution in [0.4, 0.5) is 5.69 Å². The number of anilines is 1. The van der Waals surface area contributed by atoms with Crippen molar-refractivity contribution in [1.82, 2.24) is 19.8 Å². The van der Waals surface area contributed by atoms with E-state index in [1.165, 1.54) is 11.3 Å². The quantitative estimate of drug-likeness (QED) is 0.410. The lowest BCUT2D eigenvalue weighted by Crippen LogP contribution is -2.52. The van der Waals surface area contributed by atoms with Gasteiger partial charge in [-0.05, 0) is 24.6 Å². The number of aryl methyl sites for hydroxylation is 2. The van der Waals surface area contributed by atoms with Crippen LogP contribution in [0, 0.1) is 6.92 Å². The van der Waals surface area contributed by atoms with Crippen molar-refractivity contribution in [1.29, 1.82) is 0 Å². The first-order valence-corrected chi connectivity index (χ1v) is 8.89. The Morgan fingerprint density at radius 2 is 2.00 bits per heavy atom. The third-order valence-electron chi connectivity index (χ3n) is 4.63. The van der Waals surface area contributed by atoms with Gasteiger partial charge in [0, 0.05) is 63.4 Å². The number of nitrogens with one attached hydrogen (secondary N) is 1. The highest BCUT2D eigenvalue weighted by molar-refractivity contribution is 14.0. The van der Waals surface area contributed by atoms with Crippen molar-refractivity contribution >= 4 is 47.2 Å². The fraction of sp³-hybridized carbons (Fsp3) is 0.444. The van der Waals surface area contributed by atoms with Crippen molar-refractivity contribution in [3.8, 4) is 0 Å². The Kier molecular flexibility index (Phi) is 7.57. The SMILES string of the molecule is CN=C(NCc1nccn1C)N1CCN(c2cc(Cl)ccc2C)CC1.I. The third kappa shape index (κ3) is 4.82. The molecular weight excluding hydrogens is 463 g/mol. The highest BCUT2D eigenvalue weighted by Gasteiger charge is 2.21. The van der Waals surface area contributed by atoms with Crippen LogP contribution in [0.25, 0.3) is 0 Å². The normalized spacial score (nSPS) is 15.0. The number of aliphatic imine (C=N–C) groups is 1. The molecular formula is C18H26ClIN6. The van der Waals surface area contributed by atoms with Crippen LogP contribution in [-0.2, 0) is 13.6 Å². The summed E-state index contributed by atoms with van der Waals surface area (Å²) in [6.07, 6.45) is 3.76. The van der Waals surface area contributed by atoms with E-state index in [0.29, 0.717) is 6.54 Å². The standard InChI is InChI=1S/C18H25ClN6.HI/c1-14-4-5-15(19)12-16(14)24-8-10-25(11-9-24)18(20-2)22-13-17-21-6-7-23(17)3;/h4-7,12H,8-11,13H2,1-3H3,(H,20,22);1H. The molecule has 0 spiro atoms. The van der Waals surface area contributed by atoms with Gasteiger partial charge in [-0.2, -0.15) is 0 Å². The Hall–Kier alpha value is -1.48. The summed E-state index contributed by atoms with van der Waals surface area (Å²) < 4.78 is 2.01. The van der Waals surface area contributed by atoms with E-state index in [9.17, 15) is 0 Å². The molecule has 142 valence electrons. The van der Waals surface area contributed by atoms with Gasteiger partial charge in [-0.1, -0.05) is 17.7 Å². The number of aromatic nitrogens is 2. The Balaban J connectivity index is 0.00000243. The largest absolute Gasteiger partial charge is 0.368 e. The summed E-state index contributed by atoms with van der Waals surface area (Å²) >= 11 is 6.17. The number of rotatable bonds is 3. The lowest BCUT2D eigenvalue weighted by atomic mass is 10.1. The number of imidazole rings is 1. The lowest BCUT2D eigenvalue weighted by molar-refractivity contribution is 0.371. The van der Waals surface area contributed by atoms with Gasteiger partial charge in [0.15, 0.2) is 5.96 Å². The summed E-state index contributed by atoms with van der Waals surface area (Å²) in [5.41, 5.74) is 2.48. The molecule has 2 aromatic rings. The minimum absolute atomic E-state index is 0. The number of hydrogen-bond acceptors (Lipinski definition) is 3. The molecule has 6 nitrogen and oxygen atoms in total. The third-order valence-corrected chi connectivity index (χ3v) is 4.86. The van der Waals surface area contributed by atoms with E-state index < -0.39 is 0 Å². The van der Waals surface area contributed by atoms with Gasteiger partial charge in [0.25, 0.3) is 0 Å². The molecule has 26 heavy (non-hydrogen) atoms. The molecule has 0 radical (unpaired) electrons. The van der Waals surface area contributed by atoms with E-state index in [0.717, 1.165) is 43.0 Å². The van der Waals surface area contributed by atoms with Gasteiger partial charge in [0.05, 0.1) is 6.54 Å². The molecule has 8 heteroatoms. The zero-order valence-electron chi connectivity index (χ0n) is 15.4. The zero-order chi connectivity index (χ0) is 17.8. The Bertz CT molecular complexity index is 752. The van der Waals surface area contributed by atoms with E-state index in [1.807, 2.05) is 37.1 Å². The first kappa shape index (κ1) is 20.8. The molecule has 1 aromatic carbocycles. The first-order valence-electron chi connectivity index (χ1n) is 8.51. The van der Waals surface area contributed by atoms with Crippen LogP contribution in [-0.4, -0.2) is 53.6 Å². The van der Waals surface area contributed by atoms with Gasteiger partial charge in [-0.25, -0.2) is 4.98 Å². The number of nitrogens with zero attached hydrogens (tertiary/aromatic N) is 5. The van der Waals surface area contributed by atoms with Crippen LogP contribution in [0.5, 0.6) is 0 Å². The number of benzene rings is 1. The van der Waals surface area contributed by atoms with Gasteiger partial charge >= 0.3 is 0 Å². The first-order chi connectivity index (χ1) is 12.1. The Labute approximate surface area is 177 Å². The van der Waals surface area contributed by atoms with E-state index in [4.69, 9.17) is 11.6 Å². The average molecular weight is 489 g/mol. The Morgan fingerprint density at radius 1 is 1.27 bits per heavy atom. The summed E-state index contributed by atoms with van der Waals surface area (Å²) in [6.45, 7) is 6.54. The lowest BCUT2D eigenvalue weighted by Gasteiger charge is -2.38. The molecule has 0 aliphatic carbocycles. The molecule has 1 aromatic heterocycles. The second kappa shape index (κ2) is 9.45. The maximum Gasteiger partial charge on any atom is 0.194 e. The predicted octanol–water partition coefficient (Wildman–Crippen LogP) is 2.90. The molecule has 2 heterocycles.